The molecule has 0 aliphatic rings. The van der Waals surface area contributed by atoms with Crippen molar-refractivity contribution in [2.45, 2.75) is 24.9 Å². The molecular formula is C18H18I2N2O6. The highest BCUT2D eigenvalue weighted by atomic mass is 127. The quantitative estimate of drug-likeness (QED) is 0.258. The van der Waals surface area contributed by atoms with Gasteiger partial charge in [-0.25, -0.2) is 0 Å². The van der Waals surface area contributed by atoms with Gasteiger partial charge >= 0.3 is 11.9 Å². The second-order valence-corrected chi connectivity index (χ2v) is 8.57. The molecule has 2 aromatic carbocycles. The number of hydrogen-bond acceptors (Lipinski definition) is 6. The lowest BCUT2D eigenvalue weighted by molar-refractivity contribution is -0.139. The lowest BCUT2D eigenvalue weighted by atomic mass is 9.95. The number of benzene rings is 2. The van der Waals surface area contributed by atoms with Gasteiger partial charge in [0.2, 0.25) is 0 Å². The Kier molecular flexibility index (Phi) is 7.47. The van der Waals surface area contributed by atoms with Crippen molar-refractivity contribution < 1.29 is 30.0 Å². The third-order valence-corrected chi connectivity index (χ3v) is 5.73. The molecule has 0 aliphatic heterocycles. The van der Waals surface area contributed by atoms with Crippen molar-refractivity contribution in [2.75, 3.05) is 0 Å². The molecule has 0 bridgehead atoms. The number of carboxylic acid groups (broad SMARTS) is 2. The zero-order chi connectivity index (χ0) is 21.2. The van der Waals surface area contributed by atoms with Gasteiger partial charge in [-0.15, -0.1) is 0 Å². The molecule has 0 spiro atoms. The highest BCUT2D eigenvalue weighted by Crippen LogP contribution is 2.41. The summed E-state index contributed by atoms with van der Waals surface area (Å²) in [6.07, 6.45) is 0.0834. The lowest BCUT2D eigenvalue weighted by Gasteiger charge is -2.16. The summed E-state index contributed by atoms with van der Waals surface area (Å²) in [5.74, 6) is -2.46. The normalized spacial score (nSPS) is 13.1. The molecule has 2 atom stereocenters. The van der Waals surface area contributed by atoms with Crippen molar-refractivity contribution in [1.82, 2.24) is 0 Å². The summed E-state index contributed by atoms with van der Waals surface area (Å²) in [6, 6.07) is 4.14. The van der Waals surface area contributed by atoms with E-state index in [1.54, 1.807) is 24.3 Å². The van der Waals surface area contributed by atoms with Gasteiger partial charge in [0.25, 0.3) is 0 Å². The number of rotatable bonds is 7. The number of hydrogen-bond donors (Lipinski definition) is 6. The zero-order valence-corrected chi connectivity index (χ0v) is 18.7. The molecule has 0 unspecified atom stereocenters. The fourth-order valence-corrected chi connectivity index (χ4v) is 4.02. The van der Waals surface area contributed by atoms with E-state index in [9.17, 15) is 19.8 Å². The molecule has 28 heavy (non-hydrogen) atoms. The van der Waals surface area contributed by atoms with E-state index in [-0.39, 0.29) is 24.3 Å². The maximum absolute atomic E-state index is 11.0. The molecule has 0 fully saturated rings. The van der Waals surface area contributed by atoms with Gasteiger partial charge in [0.05, 0.1) is 7.14 Å². The summed E-state index contributed by atoms with van der Waals surface area (Å²) in [5.41, 5.74) is 12.9. The maximum atomic E-state index is 11.0. The number of aromatic hydroxyl groups is 2. The number of nitrogens with two attached hydrogens (primary N) is 2. The minimum Gasteiger partial charge on any atom is -0.506 e. The number of carboxylic acids is 2. The van der Waals surface area contributed by atoms with Crippen molar-refractivity contribution in [3.8, 4) is 22.6 Å². The molecule has 2 aromatic rings. The highest BCUT2D eigenvalue weighted by molar-refractivity contribution is 14.1. The van der Waals surface area contributed by atoms with Crippen molar-refractivity contribution >= 4 is 57.1 Å². The SMILES string of the molecule is N[C@@H](Cc1cc(I)c(O)c(-c2cc(C[C@H](N)C(=O)O)cc(I)c2O)c1)C(=O)O. The molecule has 0 aromatic heterocycles. The molecule has 8 nitrogen and oxygen atoms in total. The van der Waals surface area contributed by atoms with Crippen LogP contribution in [0.2, 0.25) is 0 Å². The highest BCUT2D eigenvalue weighted by Gasteiger charge is 2.20. The Bertz CT molecular complexity index is 859. The Morgan fingerprint density at radius 2 is 1.11 bits per heavy atom. The first-order chi connectivity index (χ1) is 13.0. The van der Waals surface area contributed by atoms with Crippen LogP contribution in [0.25, 0.3) is 11.1 Å². The summed E-state index contributed by atoms with van der Waals surface area (Å²) < 4.78 is 0.925. The number of carbonyl (C=O) groups is 2. The van der Waals surface area contributed by atoms with Gasteiger partial charge in [0.15, 0.2) is 0 Å². The molecule has 10 heteroatoms. The Morgan fingerprint density at radius 3 is 1.39 bits per heavy atom. The first-order valence-corrected chi connectivity index (χ1v) is 10.2. The van der Waals surface area contributed by atoms with Crippen LogP contribution in [0.1, 0.15) is 11.1 Å². The Balaban J connectivity index is 2.56. The van der Waals surface area contributed by atoms with Crippen molar-refractivity contribution in [3.05, 3.63) is 42.5 Å². The van der Waals surface area contributed by atoms with Crippen LogP contribution in [-0.2, 0) is 22.4 Å². The predicted molar refractivity (Wildman–Crippen MR) is 119 cm³/mol. The fourth-order valence-electron chi connectivity index (χ4n) is 2.64. The topological polar surface area (TPSA) is 167 Å². The van der Waals surface area contributed by atoms with E-state index in [4.69, 9.17) is 21.7 Å². The Labute approximate surface area is 187 Å². The molecule has 0 aliphatic carbocycles. The molecule has 0 radical (unpaired) electrons. The molecule has 0 heterocycles. The smallest absolute Gasteiger partial charge is 0.320 e. The third kappa shape index (κ3) is 5.24. The number of halogens is 2. The minimum absolute atomic E-state index is 0.0417. The van der Waals surface area contributed by atoms with Gasteiger partial charge in [0, 0.05) is 11.1 Å². The summed E-state index contributed by atoms with van der Waals surface area (Å²) in [5, 5.41) is 39.1. The number of phenols is 2. The summed E-state index contributed by atoms with van der Waals surface area (Å²) >= 11 is 3.81. The van der Waals surface area contributed by atoms with Gasteiger partial charge in [-0.05, 0) is 93.4 Å². The van der Waals surface area contributed by atoms with Crippen LogP contribution < -0.4 is 11.5 Å². The largest absolute Gasteiger partial charge is 0.506 e. The van der Waals surface area contributed by atoms with Crippen molar-refractivity contribution in [1.29, 1.82) is 0 Å². The monoisotopic (exact) mass is 612 g/mol. The number of aliphatic carboxylic acids is 2. The van der Waals surface area contributed by atoms with Crippen molar-refractivity contribution in [3.63, 3.8) is 0 Å². The average Bonchev–Trinajstić information content (AvgIpc) is 2.60. The predicted octanol–water partition coefficient (Wildman–Crippen LogP) is 1.88. The zero-order valence-electron chi connectivity index (χ0n) is 14.4. The van der Waals surface area contributed by atoms with E-state index in [1.807, 2.05) is 45.2 Å². The van der Waals surface area contributed by atoms with Gasteiger partial charge in [-0.2, -0.15) is 0 Å². The number of phenolic OH excluding ortho intramolecular Hbond substituents is 2. The summed E-state index contributed by atoms with van der Waals surface area (Å²) in [6.45, 7) is 0. The van der Waals surface area contributed by atoms with Crippen LogP contribution in [0.15, 0.2) is 24.3 Å². The third-order valence-electron chi connectivity index (χ3n) is 4.08. The first kappa shape index (κ1) is 22.6. The van der Waals surface area contributed by atoms with E-state index in [0.717, 1.165) is 0 Å². The Hall–Kier alpha value is -1.64. The molecular weight excluding hydrogens is 594 g/mol. The lowest BCUT2D eigenvalue weighted by Crippen LogP contribution is -2.32. The van der Waals surface area contributed by atoms with Crippen LogP contribution in [0.4, 0.5) is 0 Å². The molecule has 8 N–H and O–H groups in total. The van der Waals surface area contributed by atoms with E-state index < -0.39 is 24.0 Å². The van der Waals surface area contributed by atoms with Crippen LogP contribution in [0, 0.1) is 7.14 Å². The second kappa shape index (κ2) is 9.24. The second-order valence-electron chi connectivity index (χ2n) is 6.25. The maximum Gasteiger partial charge on any atom is 0.320 e. The minimum atomic E-state index is -1.15. The first-order valence-electron chi connectivity index (χ1n) is 8.01. The molecule has 0 amide bonds. The summed E-state index contributed by atoms with van der Waals surface area (Å²) in [7, 11) is 0. The van der Waals surface area contributed by atoms with E-state index in [0.29, 0.717) is 29.4 Å². The van der Waals surface area contributed by atoms with Crippen molar-refractivity contribution in [2.24, 2.45) is 11.5 Å². The van der Waals surface area contributed by atoms with E-state index in [1.165, 1.54) is 0 Å². The van der Waals surface area contributed by atoms with Gasteiger partial charge in [-0.3, -0.25) is 9.59 Å². The standard InChI is InChI=1S/C18H18I2N2O6/c19-11-3-7(5-13(21)17(25)26)1-9(15(11)23)10-2-8(4-12(20)16(10)24)6-14(22)18(27)28/h1-4,13-14,23-24H,5-6,21-22H2,(H,25,26)(H,27,28)/t13-,14-/m0/s1. The average molecular weight is 612 g/mol. The molecule has 0 saturated carbocycles. The van der Waals surface area contributed by atoms with E-state index in [2.05, 4.69) is 0 Å². The van der Waals surface area contributed by atoms with Crippen LogP contribution in [-0.4, -0.2) is 44.4 Å². The summed E-state index contributed by atoms with van der Waals surface area (Å²) in [4.78, 5) is 22.1. The molecule has 150 valence electrons. The van der Waals surface area contributed by atoms with Gasteiger partial charge < -0.3 is 31.9 Å². The Morgan fingerprint density at radius 1 is 0.786 bits per heavy atom. The molecule has 0 saturated heterocycles. The van der Waals surface area contributed by atoms with Crippen LogP contribution in [0.5, 0.6) is 11.5 Å². The van der Waals surface area contributed by atoms with Gasteiger partial charge in [0.1, 0.15) is 23.6 Å². The fraction of sp³-hybridized carbons (Fsp3) is 0.222. The van der Waals surface area contributed by atoms with Crippen LogP contribution in [0.3, 0.4) is 0 Å². The van der Waals surface area contributed by atoms with Crippen LogP contribution >= 0.6 is 45.2 Å². The van der Waals surface area contributed by atoms with E-state index >= 15 is 0 Å². The molecule has 2 rings (SSSR count). The van der Waals surface area contributed by atoms with Gasteiger partial charge in [-0.1, -0.05) is 0 Å².